The normalized spacial score (nSPS) is 19.2. The molecule has 1 aliphatic rings. The van der Waals surface area contributed by atoms with Gasteiger partial charge in [0.1, 0.15) is 0 Å². The molecule has 2 N–H and O–H groups in total. The van der Waals surface area contributed by atoms with Gasteiger partial charge in [-0.25, -0.2) is 0 Å². The van der Waals surface area contributed by atoms with Gasteiger partial charge in [0.25, 0.3) is 0 Å². The van der Waals surface area contributed by atoms with E-state index in [-0.39, 0.29) is 17.4 Å². The lowest BCUT2D eigenvalue weighted by Crippen LogP contribution is -2.46. The molecule has 1 unspecified atom stereocenters. The van der Waals surface area contributed by atoms with Crippen molar-refractivity contribution in [2.75, 3.05) is 13.1 Å². The van der Waals surface area contributed by atoms with Gasteiger partial charge < -0.3 is 10.6 Å². The van der Waals surface area contributed by atoms with E-state index in [1.807, 2.05) is 18.2 Å². The molecular weight excluding hydrogens is 260 g/mol. The Labute approximate surface area is 128 Å². The molecule has 1 atom stereocenters. The third kappa shape index (κ3) is 4.31. The summed E-state index contributed by atoms with van der Waals surface area (Å²) in [5.74, 6) is 0.759. The summed E-state index contributed by atoms with van der Waals surface area (Å²) in [4.78, 5) is 12.7. The Bertz CT molecular complexity index is 450. The molecule has 0 bridgehead atoms. The number of carbonyl (C=O) groups is 1. The number of carbonyl (C=O) groups excluding carboxylic acids is 1. The molecule has 21 heavy (non-hydrogen) atoms. The Kier molecular flexibility index (Phi) is 5.40. The highest BCUT2D eigenvalue weighted by Gasteiger charge is 2.35. The van der Waals surface area contributed by atoms with Crippen molar-refractivity contribution < 1.29 is 4.79 Å². The third-order valence-corrected chi connectivity index (χ3v) is 4.47. The van der Waals surface area contributed by atoms with Crippen LogP contribution in [0.3, 0.4) is 0 Å². The predicted octanol–water partition coefficient (Wildman–Crippen LogP) is 3.28. The van der Waals surface area contributed by atoms with Crippen LogP contribution >= 0.6 is 0 Å². The zero-order valence-corrected chi connectivity index (χ0v) is 13.5. The first-order valence-electron chi connectivity index (χ1n) is 8.08. The smallest absolute Gasteiger partial charge is 0.226 e. The van der Waals surface area contributed by atoms with Crippen molar-refractivity contribution in [3.05, 3.63) is 35.9 Å². The molecule has 1 aromatic carbocycles. The highest BCUT2D eigenvalue weighted by molar-refractivity contribution is 5.82. The van der Waals surface area contributed by atoms with Gasteiger partial charge in [-0.2, -0.15) is 0 Å². The van der Waals surface area contributed by atoms with E-state index in [4.69, 9.17) is 0 Å². The van der Waals surface area contributed by atoms with Gasteiger partial charge in [-0.3, -0.25) is 4.79 Å². The van der Waals surface area contributed by atoms with Crippen LogP contribution in [0, 0.1) is 11.3 Å². The van der Waals surface area contributed by atoms with Gasteiger partial charge in [-0.15, -0.1) is 0 Å². The van der Waals surface area contributed by atoms with Crippen molar-refractivity contribution in [2.45, 2.75) is 46.1 Å². The molecule has 0 radical (unpaired) electrons. The highest BCUT2D eigenvalue weighted by Crippen LogP contribution is 2.30. The van der Waals surface area contributed by atoms with Crippen molar-refractivity contribution in [2.24, 2.45) is 11.3 Å². The number of rotatable bonds is 5. The molecule has 0 aromatic heterocycles. The van der Waals surface area contributed by atoms with Gasteiger partial charge in [0, 0.05) is 5.41 Å². The van der Waals surface area contributed by atoms with Gasteiger partial charge >= 0.3 is 0 Å². The molecule has 0 aliphatic carbocycles. The second-order valence-corrected chi connectivity index (χ2v) is 6.88. The Morgan fingerprint density at radius 2 is 1.86 bits per heavy atom. The van der Waals surface area contributed by atoms with E-state index in [0.717, 1.165) is 32.4 Å². The van der Waals surface area contributed by atoms with Crippen LogP contribution in [-0.2, 0) is 4.79 Å². The van der Waals surface area contributed by atoms with Crippen LogP contribution in [0.4, 0.5) is 0 Å². The van der Waals surface area contributed by atoms with Crippen LogP contribution in [0.2, 0.25) is 0 Å². The van der Waals surface area contributed by atoms with E-state index < -0.39 is 0 Å². The minimum Gasteiger partial charge on any atom is -0.349 e. The van der Waals surface area contributed by atoms with Crippen molar-refractivity contribution in [1.29, 1.82) is 0 Å². The number of benzene rings is 1. The maximum atomic E-state index is 12.7. The fraction of sp³-hybridized carbons (Fsp3) is 0.611. The summed E-state index contributed by atoms with van der Waals surface area (Å²) in [7, 11) is 0. The van der Waals surface area contributed by atoms with E-state index in [2.05, 4.69) is 43.5 Å². The van der Waals surface area contributed by atoms with E-state index in [9.17, 15) is 4.79 Å². The van der Waals surface area contributed by atoms with Crippen LogP contribution in [0.15, 0.2) is 30.3 Å². The number of piperidine rings is 1. The second kappa shape index (κ2) is 7.08. The van der Waals surface area contributed by atoms with Gasteiger partial charge in [-0.05, 0) is 43.8 Å². The fourth-order valence-electron chi connectivity index (χ4n) is 2.97. The molecule has 0 spiro atoms. The summed E-state index contributed by atoms with van der Waals surface area (Å²) in [6.07, 6.45) is 2.81. The molecule has 1 aromatic rings. The topological polar surface area (TPSA) is 41.1 Å². The SMILES string of the molecule is CC(C)CC(NC(=O)C1(C)CCNCC1)c1ccccc1. The van der Waals surface area contributed by atoms with Crippen LogP contribution in [-0.4, -0.2) is 19.0 Å². The van der Waals surface area contributed by atoms with Crippen molar-refractivity contribution in [1.82, 2.24) is 10.6 Å². The zero-order valence-electron chi connectivity index (χ0n) is 13.5. The Morgan fingerprint density at radius 1 is 1.24 bits per heavy atom. The molecule has 2 rings (SSSR count). The average Bonchev–Trinajstić information content (AvgIpc) is 2.47. The van der Waals surface area contributed by atoms with Crippen LogP contribution in [0.5, 0.6) is 0 Å². The lowest BCUT2D eigenvalue weighted by atomic mass is 9.79. The van der Waals surface area contributed by atoms with Crippen molar-refractivity contribution in [3.8, 4) is 0 Å². The molecule has 3 heteroatoms. The number of amides is 1. The quantitative estimate of drug-likeness (QED) is 0.873. The summed E-state index contributed by atoms with van der Waals surface area (Å²) in [6.45, 7) is 8.37. The van der Waals surface area contributed by atoms with Gasteiger partial charge in [0.05, 0.1) is 6.04 Å². The van der Waals surface area contributed by atoms with Crippen LogP contribution in [0.25, 0.3) is 0 Å². The zero-order chi connectivity index (χ0) is 15.3. The molecule has 3 nitrogen and oxygen atoms in total. The molecule has 1 aliphatic heterocycles. The standard InChI is InChI=1S/C18H28N2O/c1-14(2)13-16(15-7-5-4-6-8-15)20-17(21)18(3)9-11-19-12-10-18/h4-8,14,16,19H,9-13H2,1-3H3,(H,20,21). The summed E-state index contributed by atoms with van der Waals surface area (Å²) < 4.78 is 0. The van der Waals surface area contributed by atoms with E-state index in [1.165, 1.54) is 5.56 Å². The first-order chi connectivity index (χ1) is 10.0. The second-order valence-electron chi connectivity index (χ2n) is 6.88. The average molecular weight is 288 g/mol. The Hall–Kier alpha value is -1.35. The first kappa shape index (κ1) is 16.0. The number of hydrogen-bond donors (Lipinski definition) is 2. The maximum Gasteiger partial charge on any atom is 0.226 e. The van der Waals surface area contributed by atoms with Gasteiger partial charge in [0.2, 0.25) is 5.91 Å². The molecule has 0 saturated carbocycles. The third-order valence-electron chi connectivity index (χ3n) is 4.47. The first-order valence-corrected chi connectivity index (χ1v) is 8.08. The molecule has 1 fully saturated rings. The number of nitrogens with one attached hydrogen (secondary N) is 2. The van der Waals surface area contributed by atoms with Gasteiger partial charge in [0.15, 0.2) is 0 Å². The predicted molar refractivity (Wildman–Crippen MR) is 87.0 cm³/mol. The largest absolute Gasteiger partial charge is 0.349 e. The van der Waals surface area contributed by atoms with Crippen LogP contribution < -0.4 is 10.6 Å². The minimum absolute atomic E-state index is 0.116. The summed E-state index contributed by atoms with van der Waals surface area (Å²) >= 11 is 0. The Balaban J connectivity index is 2.09. The van der Waals surface area contributed by atoms with E-state index in [0.29, 0.717) is 5.92 Å². The van der Waals surface area contributed by atoms with Crippen LogP contribution in [0.1, 0.15) is 51.6 Å². The lowest BCUT2D eigenvalue weighted by Gasteiger charge is -2.34. The van der Waals surface area contributed by atoms with E-state index in [1.54, 1.807) is 0 Å². The fourth-order valence-corrected chi connectivity index (χ4v) is 2.97. The number of hydrogen-bond acceptors (Lipinski definition) is 2. The molecule has 1 amide bonds. The monoisotopic (exact) mass is 288 g/mol. The van der Waals surface area contributed by atoms with Gasteiger partial charge in [-0.1, -0.05) is 51.1 Å². The lowest BCUT2D eigenvalue weighted by molar-refractivity contribution is -0.132. The molecule has 1 heterocycles. The summed E-state index contributed by atoms with van der Waals surface area (Å²) in [5, 5.41) is 6.64. The summed E-state index contributed by atoms with van der Waals surface area (Å²) in [6, 6.07) is 10.4. The molecule has 116 valence electrons. The summed E-state index contributed by atoms with van der Waals surface area (Å²) in [5.41, 5.74) is 0.979. The van der Waals surface area contributed by atoms with Crippen molar-refractivity contribution in [3.63, 3.8) is 0 Å². The Morgan fingerprint density at radius 3 is 2.43 bits per heavy atom. The van der Waals surface area contributed by atoms with E-state index >= 15 is 0 Å². The molecular formula is C18H28N2O. The van der Waals surface area contributed by atoms with Crippen molar-refractivity contribution >= 4 is 5.91 Å². The highest BCUT2D eigenvalue weighted by atomic mass is 16.2. The maximum absolute atomic E-state index is 12.7. The molecule has 1 saturated heterocycles. The minimum atomic E-state index is -0.227.